The molecule has 3 aromatic rings. The Morgan fingerprint density at radius 1 is 1.13 bits per heavy atom. The van der Waals surface area contributed by atoms with E-state index in [0.29, 0.717) is 11.6 Å². The van der Waals surface area contributed by atoms with E-state index in [2.05, 4.69) is 4.98 Å². The molecule has 0 saturated carbocycles. The first kappa shape index (κ1) is 15.5. The molecule has 0 amide bonds. The van der Waals surface area contributed by atoms with Gasteiger partial charge in [-0.05, 0) is 36.4 Å². The third-order valence-corrected chi connectivity index (χ3v) is 3.52. The summed E-state index contributed by atoms with van der Waals surface area (Å²) in [6.07, 6.45) is -0.789. The van der Waals surface area contributed by atoms with Crippen molar-refractivity contribution in [1.82, 2.24) is 9.55 Å². The van der Waals surface area contributed by atoms with Crippen LogP contribution in [0.25, 0.3) is 11.0 Å². The highest BCUT2D eigenvalue weighted by Gasteiger charge is 2.14. The van der Waals surface area contributed by atoms with Gasteiger partial charge in [0.25, 0.3) is 0 Å². The van der Waals surface area contributed by atoms with E-state index in [1.807, 2.05) is 24.3 Å². The number of halogens is 1. The largest absolute Gasteiger partial charge is 0.491 e. The molecule has 0 aliphatic heterocycles. The normalized spacial score (nSPS) is 12.5. The summed E-state index contributed by atoms with van der Waals surface area (Å²) in [4.78, 5) is 4.33. The first-order valence-electron chi connectivity index (χ1n) is 7.29. The number of aliphatic hydroxyl groups is 2. The number of ether oxygens (including phenoxy) is 1. The second kappa shape index (κ2) is 6.76. The lowest BCUT2D eigenvalue weighted by Gasteiger charge is -2.15. The minimum absolute atomic E-state index is 0.0585. The maximum absolute atomic E-state index is 12.8. The molecular formula is C17H17FN2O3. The van der Waals surface area contributed by atoms with Gasteiger partial charge in [0.05, 0.1) is 17.6 Å². The van der Waals surface area contributed by atoms with Crippen LogP contribution < -0.4 is 4.74 Å². The molecule has 5 nitrogen and oxygen atoms in total. The number of aromatic nitrogens is 2. The number of nitrogens with zero attached hydrogens (tertiary/aromatic N) is 2. The molecule has 23 heavy (non-hydrogen) atoms. The van der Waals surface area contributed by atoms with Crippen LogP contribution in [0.15, 0.2) is 48.5 Å². The smallest absolute Gasteiger partial charge is 0.135 e. The zero-order chi connectivity index (χ0) is 16.2. The maximum Gasteiger partial charge on any atom is 0.135 e. The zero-order valence-electron chi connectivity index (χ0n) is 12.4. The van der Waals surface area contributed by atoms with Crippen LogP contribution >= 0.6 is 0 Å². The first-order chi connectivity index (χ1) is 11.2. The number of imidazole rings is 1. The summed E-state index contributed by atoms with van der Waals surface area (Å²) >= 11 is 0. The van der Waals surface area contributed by atoms with Gasteiger partial charge in [-0.3, -0.25) is 0 Å². The van der Waals surface area contributed by atoms with E-state index in [1.54, 1.807) is 4.57 Å². The molecule has 0 unspecified atom stereocenters. The van der Waals surface area contributed by atoms with Gasteiger partial charge in [-0.2, -0.15) is 0 Å². The average Bonchev–Trinajstić information content (AvgIpc) is 2.92. The Morgan fingerprint density at radius 2 is 1.87 bits per heavy atom. The molecule has 2 aromatic carbocycles. The summed E-state index contributed by atoms with van der Waals surface area (Å²) in [6.45, 7) is 0.0980. The maximum atomic E-state index is 12.8. The highest BCUT2D eigenvalue weighted by molar-refractivity contribution is 5.75. The number of para-hydroxylation sites is 2. The molecule has 0 aliphatic rings. The van der Waals surface area contributed by atoms with E-state index in [0.717, 1.165) is 11.0 Å². The molecule has 0 spiro atoms. The molecule has 0 bridgehead atoms. The third-order valence-electron chi connectivity index (χ3n) is 3.52. The highest BCUT2D eigenvalue weighted by atomic mass is 19.1. The molecule has 0 saturated heterocycles. The minimum Gasteiger partial charge on any atom is -0.491 e. The van der Waals surface area contributed by atoms with Crippen LogP contribution in [-0.4, -0.2) is 32.5 Å². The van der Waals surface area contributed by atoms with Crippen LogP contribution in [0, 0.1) is 5.82 Å². The van der Waals surface area contributed by atoms with Crippen LogP contribution in [0.4, 0.5) is 4.39 Å². The number of hydrogen-bond acceptors (Lipinski definition) is 4. The predicted molar refractivity (Wildman–Crippen MR) is 83.6 cm³/mol. The fourth-order valence-electron chi connectivity index (χ4n) is 2.44. The Bertz CT molecular complexity index is 786. The monoisotopic (exact) mass is 316 g/mol. The van der Waals surface area contributed by atoms with Gasteiger partial charge < -0.3 is 19.5 Å². The van der Waals surface area contributed by atoms with E-state index < -0.39 is 6.10 Å². The number of fused-ring (bicyclic) bond motifs is 1. The number of benzene rings is 2. The summed E-state index contributed by atoms with van der Waals surface area (Å²) in [6, 6.07) is 13.1. The van der Waals surface area contributed by atoms with E-state index >= 15 is 0 Å². The van der Waals surface area contributed by atoms with Gasteiger partial charge in [0.15, 0.2) is 0 Å². The van der Waals surface area contributed by atoms with Crippen molar-refractivity contribution in [2.45, 2.75) is 19.3 Å². The van der Waals surface area contributed by atoms with Gasteiger partial charge in [-0.15, -0.1) is 0 Å². The summed E-state index contributed by atoms with van der Waals surface area (Å²) in [5.74, 6) is 0.644. The van der Waals surface area contributed by atoms with Gasteiger partial charge >= 0.3 is 0 Å². The number of rotatable bonds is 6. The van der Waals surface area contributed by atoms with Gasteiger partial charge in [-0.1, -0.05) is 12.1 Å². The minimum atomic E-state index is -0.789. The van der Waals surface area contributed by atoms with Crippen molar-refractivity contribution in [2.24, 2.45) is 0 Å². The number of hydrogen-bond donors (Lipinski definition) is 2. The summed E-state index contributed by atoms with van der Waals surface area (Å²) in [5.41, 5.74) is 1.61. The van der Waals surface area contributed by atoms with Crippen molar-refractivity contribution < 1.29 is 19.3 Å². The average molecular weight is 316 g/mol. The Kier molecular flexibility index (Phi) is 4.55. The van der Waals surface area contributed by atoms with Crippen molar-refractivity contribution in [2.75, 3.05) is 6.61 Å². The van der Waals surface area contributed by atoms with Crippen LogP contribution in [0.2, 0.25) is 0 Å². The van der Waals surface area contributed by atoms with E-state index in [-0.39, 0.29) is 25.6 Å². The molecule has 0 radical (unpaired) electrons. The van der Waals surface area contributed by atoms with E-state index in [1.165, 1.54) is 24.3 Å². The van der Waals surface area contributed by atoms with Gasteiger partial charge in [0.1, 0.15) is 36.7 Å². The van der Waals surface area contributed by atoms with Crippen molar-refractivity contribution in [3.63, 3.8) is 0 Å². The third kappa shape index (κ3) is 3.49. The lowest BCUT2D eigenvalue weighted by Crippen LogP contribution is -2.24. The second-order valence-corrected chi connectivity index (χ2v) is 5.20. The molecule has 1 atom stereocenters. The van der Waals surface area contributed by atoms with E-state index in [4.69, 9.17) is 4.74 Å². The molecular weight excluding hydrogens is 299 g/mol. The molecule has 0 fully saturated rings. The topological polar surface area (TPSA) is 67.5 Å². The van der Waals surface area contributed by atoms with Gasteiger partial charge in [0, 0.05) is 0 Å². The van der Waals surface area contributed by atoms with Crippen LogP contribution in [0.1, 0.15) is 5.82 Å². The van der Waals surface area contributed by atoms with Crippen molar-refractivity contribution in [3.8, 4) is 5.75 Å². The summed E-state index contributed by atoms with van der Waals surface area (Å²) in [5, 5.41) is 19.6. The lowest BCUT2D eigenvalue weighted by atomic mass is 10.3. The molecule has 3 rings (SSSR count). The fraction of sp³-hybridized carbons (Fsp3) is 0.235. The molecule has 1 heterocycles. The molecule has 0 aliphatic carbocycles. The van der Waals surface area contributed by atoms with Crippen LogP contribution in [-0.2, 0) is 13.2 Å². The standard InChI is InChI=1S/C17H17FN2O3/c18-12-5-7-14(8-6-12)23-11-13(22)9-20-16-4-2-1-3-15(16)19-17(20)10-21/h1-8,13,21-22H,9-11H2/t13-/m1/s1. The Morgan fingerprint density at radius 3 is 2.61 bits per heavy atom. The summed E-state index contributed by atoms with van der Waals surface area (Å²) < 4.78 is 20.0. The molecule has 120 valence electrons. The number of aliphatic hydroxyl groups excluding tert-OH is 2. The molecule has 6 heteroatoms. The van der Waals surface area contributed by atoms with Crippen molar-refractivity contribution in [3.05, 3.63) is 60.2 Å². The predicted octanol–water partition coefficient (Wildman–Crippen LogP) is 2.11. The second-order valence-electron chi connectivity index (χ2n) is 5.20. The fourth-order valence-corrected chi connectivity index (χ4v) is 2.44. The van der Waals surface area contributed by atoms with Crippen LogP contribution in [0.3, 0.4) is 0 Å². The Hall–Kier alpha value is -2.44. The Balaban J connectivity index is 1.70. The van der Waals surface area contributed by atoms with Crippen LogP contribution in [0.5, 0.6) is 5.75 Å². The zero-order valence-corrected chi connectivity index (χ0v) is 12.4. The Labute approximate surface area is 132 Å². The first-order valence-corrected chi connectivity index (χ1v) is 7.29. The molecule has 2 N–H and O–H groups in total. The SMILES string of the molecule is OCc1nc2ccccc2n1C[C@@H](O)COc1ccc(F)cc1. The summed E-state index contributed by atoms with van der Waals surface area (Å²) in [7, 11) is 0. The van der Waals surface area contributed by atoms with Gasteiger partial charge in [-0.25, -0.2) is 9.37 Å². The highest BCUT2D eigenvalue weighted by Crippen LogP contribution is 2.17. The van der Waals surface area contributed by atoms with Gasteiger partial charge in [0.2, 0.25) is 0 Å². The van der Waals surface area contributed by atoms with Crippen molar-refractivity contribution >= 4 is 11.0 Å². The van der Waals surface area contributed by atoms with Crippen molar-refractivity contribution in [1.29, 1.82) is 0 Å². The van der Waals surface area contributed by atoms with E-state index in [9.17, 15) is 14.6 Å². The lowest BCUT2D eigenvalue weighted by molar-refractivity contribution is 0.0914. The quantitative estimate of drug-likeness (QED) is 0.731. The molecule has 1 aromatic heterocycles.